The predicted molar refractivity (Wildman–Crippen MR) is 63.1 cm³/mol. The molecule has 1 aromatic rings. The third kappa shape index (κ3) is 3.23. The maximum Gasteiger partial charge on any atom is 0.292 e. The topological polar surface area (TPSA) is 89.3 Å². The fourth-order valence-electron chi connectivity index (χ4n) is 1.27. The first-order chi connectivity index (χ1) is 8.27. The summed E-state index contributed by atoms with van der Waals surface area (Å²) in [5.41, 5.74) is -0.772. The van der Waals surface area contributed by atoms with Crippen LogP contribution in [0.15, 0.2) is 23.1 Å². The van der Waals surface area contributed by atoms with Crippen molar-refractivity contribution in [3.8, 4) is 0 Å². The van der Waals surface area contributed by atoms with E-state index >= 15 is 0 Å². The van der Waals surface area contributed by atoms with E-state index in [1.807, 2.05) is 0 Å². The van der Waals surface area contributed by atoms with Gasteiger partial charge in [0.05, 0.1) is 11.0 Å². The van der Waals surface area contributed by atoms with Crippen LogP contribution in [-0.2, 0) is 10.0 Å². The highest BCUT2D eigenvalue weighted by molar-refractivity contribution is 7.89. The van der Waals surface area contributed by atoms with Gasteiger partial charge in [-0.25, -0.2) is 17.5 Å². The lowest BCUT2D eigenvalue weighted by atomic mass is 10.3. The predicted octanol–water partition coefficient (Wildman–Crippen LogP) is 1.81. The molecule has 0 saturated heterocycles. The molecule has 1 aromatic carbocycles. The molecule has 0 radical (unpaired) electrons. The minimum absolute atomic E-state index is 0.361. The van der Waals surface area contributed by atoms with Crippen molar-refractivity contribution in [1.82, 2.24) is 4.72 Å². The van der Waals surface area contributed by atoms with Crippen molar-refractivity contribution in [2.75, 3.05) is 0 Å². The van der Waals surface area contributed by atoms with E-state index in [9.17, 15) is 22.9 Å². The lowest BCUT2D eigenvalue weighted by Gasteiger charge is -2.12. The van der Waals surface area contributed by atoms with Crippen LogP contribution in [0.5, 0.6) is 0 Å². The number of benzene rings is 1. The minimum atomic E-state index is -4.02. The molecule has 0 amide bonds. The average molecular weight is 276 g/mol. The molecular formula is C10H13FN2O4S. The zero-order chi connectivity index (χ0) is 13.9. The number of hydrogen-bond donors (Lipinski definition) is 1. The van der Waals surface area contributed by atoms with Crippen LogP contribution in [0.25, 0.3) is 0 Å². The van der Waals surface area contributed by atoms with Gasteiger partial charge >= 0.3 is 0 Å². The molecule has 1 atom stereocenters. The molecule has 0 aromatic heterocycles. The number of hydrogen-bond acceptors (Lipinski definition) is 4. The second kappa shape index (κ2) is 5.40. The van der Waals surface area contributed by atoms with Gasteiger partial charge in [-0.1, -0.05) is 6.92 Å². The van der Waals surface area contributed by atoms with Gasteiger partial charge in [-0.3, -0.25) is 10.1 Å². The Balaban J connectivity index is 3.28. The van der Waals surface area contributed by atoms with E-state index < -0.39 is 31.3 Å². The van der Waals surface area contributed by atoms with Gasteiger partial charge in [0.1, 0.15) is 5.82 Å². The van der Waals surface area contributed by atoms with Crippen LogP contribution >= 0.6 is 0 Å². The summed E-state index contributed by atoms with van der Waals surface area (Å²) >= 11 is 0. The van der Waals surface area contributed by atoms with Crippen LogP contribution in [0.2, 0.25) is 0 Å². The van der Waals surface area contributed by atoms with Crippen LogP contribution in [0.4, 0.5) is 10.1 Å². The van der Waals surface area contributed by atoms with E-state index in [0.717, 1.165) is 12.1 Å². The highest BCUT2D eigenvalue weighted by atomic mass is 32.2. The molecule has 1 unspecified atom stereocenters. The standard InChI is InChI=1S/C10H13FN2O4S/c1-3-7(2)12-18(16,17)10-5-4-8(11)6-9(10)13(14)15/h4-7,12H,3H2,1-2H3. The Labute approximate surface area is 104 Å². The van der Waals surface area contributed by atoms with E-state index in [-0.39, 0.29) is 6.04 Å². The third-order valence-corrected chi connectivity index (χ3v) is 4.01. The summed E-state index contributed by atoms with van der Waals surface area (Å²) in [5.74, 6) is -0.857. The molecule has 18 heavy (non-hydrogen) atoms. The lowest BCUT2D eigenvalue weighted by molar-refractivity contribution is -0.388. The van der Waals surface area contributed by atoms with Crippen LogP contribution in [-0.4, -0.2) is 19.4 Å². The highest BCUT2D eigenvalue weighted by Crippen LogP contribution is 2.24. The molecule has 8 heteroatoms. The van der Waals surface area contributed by atoms with Gasteiger partial charge in [0.2, 0.25) is 10.0 Å². The smallest absolute Gasteiger partial charge is 0.258 e. The number of halogens is 1. The first-order valence-electron chi connectivity index (χ1n) is 5.24. The van der Waals surface area contributed by atoms with Crippen molar-refractivity contribution in [3.05, 3.63) is 34.1 Å². The van der Waals surface area contributed by atoms with Gasteiger partial charge in [0, 0.05) is 6.04 Å². The van der Waals surface area contributed by atoms with Crippen molar-refractivity contribution in [1.29, 1.82) is 0 Å². The summed E-state index contributed by atoms with van der Waals surface area (Å²) in [4.78, 5) is 9.27. The van der Waals surface area contributed by atoms with Gasteiger partial charge in [-0.15, -0.1) is 0 Å². The summed E-state index contributed by atoms with van der Waals surface area (Å²) in [5, 5.41) is 10.7. The van der Waals surface area contributed by atoms with Crippen molar-refractivity contribution in [2.24, 2.45) is 0 Å². The molecule has 0 spiro atoms. The third-order valence-electron chi connectivity index (χ3n) is 2.38. The number of nitrogens with one attached hydrogen (secondary N) is 1. The Kier molecular flexibility index (Phi) is 4.36. The first-order valence-corrected chi connectivity index (χ1v) is 6.72. The van der Waals surface area contributed by atoms with Crippen molar-refractivity contribution in [2.45, 2.75) is 31.2 Å². The second-order valence-corrected chi connectivity index (χ2v) is 5.48. The maximum atomic E-state index is 12.9. The number of sulfonamides is 1. The largest absolute Gasteiger partial charge is 0.292 e. The molecular weight excluding hydrogens is 263 g/mol. The molecule has 0 aliphatic carbocycles. The van der Waals surface area contributed by atoms with Gasteiger partial charge in [-0.2, -0.15) is 0 Å². The van der Waals surface area contributed by atoms with Gasteiger partial charge < -0.3 is 0 Å². The Morgan fingerprint density at radius 1 is 1.50 bits per heavy atom. The van der Waals surface area contributed by atoms with Gasteiger partial charge in [-0.05, 0) is 25.5 Å². The van der Waals surface area contributed by atoms with Gasteiger partial charge in [0.25, 0.3) is 5.69 Å². The average Bonchev–Trinajstić information content (AvgIpc) is 2.27. The summed E-state index contributed by atoms with van der Waals surface area (Å²) in [6.45, 7) is 3.40. The molecule has 1 rings (SSSR count). The van der Waals surface area contributed by atoms with Crippen LogP contribution in [0.1, 0.15) is 20.3 Å². The zero-order valence-electron chi connectivity index (χ0n) is 9.88. The van der Waals surface area contributed by atoms with E-state index in [1.54, 1.807) is 13.8 Å². The monoisotopic (exact) mass is 276 g/mol. The molecule has 1 N–H and O–H groups in total. The van der Waals surface area contributed by atoms with Crippen molar-refractivity contribution in [3.63, 3.8) is 0 Å². The quantitative estimate of drug-likeness (QED) is 0.656. The minimum Gasteiger partial charge on any atom is -0.258 e. The fourth-order valence-corrected chi connectivity index (χ4v) is 2.75. The summed E-state index contributed by atoms with van der Waals surface area (Å²) in [7, 11) is -4.02. The summed E-state index contributed by atoms with van der Waals surface area (Å²) in [6, 6.07) is 1.99. The normalized spacial score (nSPS) is 13.3. The second-order valence-electron chi connectivity index (χ2n) is 3.80. The van der Waals surface area contributed by atoms with Crippen LogP contribution < -0.4 is 4.72 Å². The van der Waals surface area contributed by atoms with E-state index in [1.165, 1.54) is 0 Å². The molecule has 0 aliphatic rings. The Morgan fingerprint density at radius 3 is 2.61 bits per heavy atom. The molecule has 0 bridgehead atoms. The number of nitro groups is 1. The molecule has 0 fully saturated rings. The summed E-state index contributed by atoms with van der Waals surface area (Å²) < 4.78 is 39.0. The van der Waals surface area contributed by atoms with E-state index in [2.05, 4.69) is 4.72 Å². The molecule has 0 saturated carbocycles. The van der Waals surface area contributed by atoms with Crippen molar-refractivity contribution < 1.29 is 17.7 Å². The maximum absolute atomic E-state index is 12.9. The molecule has 100 valence electrons. The Morgan fingerprint density at radius 2 is 2.11 bits per heavy atom. The SMILES string of the molecule is CCC(C)NS(=O)(=O)c1ccc(F)cc1[N+](=O)[O-]. The number of nitrogens with zero attached hydrogens (tertiary/aromatic N) is 1. The van der Waals surface area contributed by atoms with Gasteiger partial charge in [0.15, 0.2) is 4.90 Å². The van der Waals surface area contributed by atoms with E-state index in [4.69, 9.17) is 0 Å². The van der Waals surface area contributed by atoms with E-state index in [0.29, 0.717) is 12.5 Å². The first kappa shape index (κ1) is 14.5. The Hall–Kier alpha value is -1.54. The fraction of sp³-hybridized carbons (Fsp3) is 0.400. The number of rotatable bonds is 5. The Bertz CT molecular complexity index is 559. The summed E-state index contributed by atoms with van der Waals surface area (Å²) in [6.07, 6.45) is 0.536. The van der Waals surface area contributed by atoms with Crippen LogP contribution in [0.3, 0.4) is 0 Å². The van der Waals surface area contributed by atoms with Crippen LogP contribution in [0, 0.1) is 15.9 Å². The lowest BCUT2D eigenvalue weighted by Crippen LogP contribution is -2.32. The zero-order valence-corrected chi connectivity index (χ0v) is 10.7. The van der Waals surface area contributed by atoms with Crippen molar-refractivity contribution >= 4 is 15.7 Å². The molecule has 0 heterocycles. The number of nitro benzene ring substituents is 1. The molecule has 0 aliphatic heterocycles. The highest BCUT2D eigenvalue weighted by Gasteiger charge is 2.27. The molecule has 6 nitrogen and oxygen atoms in total.